The van der Waals surface area contributed by atoms with Crippen LogP contribution >= 0.6 is 0 Å². The molecule has 2 heteroatoms. The van der Waals surface area contributed by atoms with Crippen molar-refractivity contribution in [3.05, 3.63) is 35.4 Å². The minimum absolute atomic E-state index is 0.812. The van der Waals surface area contributed by atoms with E-state index in [0.717, 1.165) is 24.9 Å². The Morgan fingerprint density at radius 1 is 1.28 bits per heavy atom. The number of aldehydes is 1. The molecule has 0 heterocycles. The molecule has 0 saturated heterocycles. The van der Waals surface area contributed by atoms with Gasteiger partial charge in [0.25, 0.3) is 0 Å². The van der Waals surface area contributed by atoms with Gasteiger partial charge in [-0.25, -0.2) is 0 Å². The van der Waals surface area contributed by atoms with E-state index in [9.17, 15) is 4.79 Å². The second-order valence-electron chi connectivity index (χ2n) is 4.47. The van der Waals surface area contributed by atoms with Crippen molar-refractivity contribution in [2.75, 3.05) is 18.0 Å². The lowest BCUT2D eigenvalue weighted by Crippen LogP contribution is -2.23. The van der Waals surface area contributed by atoms with Gasteiger partial charge >= 0.3 is 0 Å². The molecule has 2 nitrogen and oxygen atoms in total. The van der Waals surface area contributed by atoms with Crippen molar-refractivity contribution in [2.24, 2.45) is 0 Å². The van der Waals surface area contributed by atoms with Crippen LogP contribution < -0.4 is 4.90 Å². The molecule has 0 saturated carbocycles. The van der Waals surface area contributed by atoms with E-state index in [0.29, 0.717) is 0 Å². The van der Waals surface area contributed by atoms with Crippen molar-refractivity contribution in [3.8, 4) is 0 Å². The molecule has 0 amide bonds. The van der Waals surface area contributed by atoms with Gasteiger partial charge in [0.15, 0.2) is 0 Å². The third kappa shape index (κ3) is 4.02. The van der Waals surface area contributed by atoms with Crippen molar-refractivity contribution in [2.45, 2.75) is 33.6 Å². The lowest BCUT2D eigenvalue weighted by Gasteiger charge is -2.23. The van der Waals surface area contributed by atoms with Crippen LogP contribution in [0.3, 0.4) is 0 Å². The quantitative estimate of drug-likeness (QED) is 0.537. The first-order valence-corrected chi connectivity index (χ1v) is 6.70. The number of carbonyl (C=O) groups is 1. The molecule has 1 aromatic rings. The number of aryl methyl sites for hydroxylation is 1. The molecule has 0 aliphatic heterocycles. The van der Waals surface area contributed by atoms with E-state index >= 15 is 0 Å². The van der Waals surface area contributed by atoms with E-state index in [4.69, 9.17) is 0 Å². The number of benzene rings is 1. The average Bonchev–Trinajstić information content (AvgIpc) is 2.38. The minimum atomic E-state index is 0.812. The maximum Gasteiger partial charge on any atom is 0.142 e. The number of hydrogen-bond donors (Lipinski definition) is 0. The first-order valence-electron chi connectivity index (χ1n) is 6.70. The van der Waals surface area contributed by atoms with Crippen molar-refractivity contribution in [1.29, 1.82) is 0 Å². The fourth-order valence-electron chi connectivity index (χ4n) is 2.01. The van der Waals surface area contributed by atoms with Gasteiger partial charge in [0, 0.05) is 18.8 Å². The summed E-state index contributed by atoms with van der Waals surface area (Å²) in [4.78, 5) is 12.7. The van der Waals surface area contributed by atoms with E-state index in [1.807, 2.05) is 6.08 Å². The fraction of sp³-hybridized carbons (Fsp3) is 0.438. The van der Waals surface area contributed by atoms with Crippen LogP contribution in [0.5, 0.6) is 0 Å². The van der Waals surface area contributed by atoms with Gasteiger partial charge in [-0.1, -0.05) is 25.5 Å². The molecule has 98 valence electrons. The summed E-state index contributed by atoms with van der Waals surface area (Å²) in [6.07, 6.45) is 6.65. The third-order valence-electron chi connectivity index (χ3n) is 3.14. The smallest absolute Gasteiger partial charge is 0.142 e. The highest BCUT2D eigenvalue weighted by Crippen LogP contribution is 2.20. The average molecular weight is 245 g/mol. The molecule has 0 aromatic heterocycles. The number of carbonyl (C=O) groups excluding carboxylic acids is 1. The van der Waals surface area contributed by atoms with Crippen LogP contribution in [0.25, 0.3) is 6.08 Å². The minimum Gasteiger partial charge on any atom is -0.372 e. The zero-order valence-corrected chi connectivity index (χ0v) is 11.6. The molecule has 0 bridgehead atoms. The molecule has 0 spiro atoms. The zero-order chi connectivity index (χ0) is 13.4. The van der Waals surface area contributed by atoms with E-state index in [1.54, 1.807) is 0 Å². The summed E-state index contributed by atoms with van der Waals surface area (Å²) in [7, 11) is 0. The van der Waals surface area contributed by atoms with Crippen LogP contribution in [0.15, 0.2) is 24.3 Å². The molecule has 0 unspecified atom stereocenters. The van der Waals surface area contributed by atoms with Gasteiger partial charge in [-0.3, -0.25) is 4.79 Å². The van der Waals surface area contributed by atoms with Crippen LogP contribution in [0.2, 0.25) is 0 Å². The second kappa shape index (κ2) is 7.70. The normalized spacial score (nSPS) is 10.8. The molecule has 0 aliphatic rings. The Bertz CT molecular complexity index is 410. The number of allylic oxidation sites excluding steroid dienone is 1. The Morgan fingerprint density at radius 3 is 2.61 bits per heavy atom. The fourth-order valence-corrected chi connectivity index (χ4v) is 2.01. The van der Waals surface area contributed by atoms with Gasteiger partial charge in [0.2, 0.25) is 0 Å². The molecule has 1 rings (SSSR count). The molecular weight excluding hydrogens is 222 g/mol. The molecule has 0 fully saturated rings. The summed E-state index contributed by atoms with van der Waals surface area (Å²) in [6, 6.07) is 6.42. The number of unbranched alkanes of at least 4 members (excludes halogenated alkanes) is 1. The summed E-state index contributed by atoms with van der Waals surface area (Å²) < 4.78 is 0. The topological polar surface area (TPSA) is 20.3 Å². The highest BCUT2D eigenvalue weighted by Gasteiger charge is 2.04. The van der Waals surface area contributed by atoms with Crippen LogP contribution in [0.1, 0.15) is 37.8 Å². The van der Waals surface area contributed by atoms with Gasteiger partial charge in [-0.2, -0.15) is 0 Å². The highest BCUT2D eigenvalue weighted by atomic mass is 16.1. The van der Waals surface area contributed by atoms with Crippen molar-refractivity contribution < 1.29 is 4.79 Å². The Morgan fingerprint density at radius 2 is 2.06 bits per heavy atom. The first kappa shape index (κ1) is 14.5. The standard InChI is InChI=1S/C16H23NO/c1-4-6-11-17(5-2)16-10-9-15(8-7-12-18)14(3)13-16/h7-10,12-13H,4-6,11H2,1-3H3. The Kier molecular flexibility index (Phi) is 6.20. The van der Waals surface area contributed by atoms with E-state index < -0.39 is 0 Å². The summed E-state index contributed by atoms with van der Waals surface area (Å²) in [5.74, 6) is 0. The lowest BCUT2D eigenvalue weighted by atomic mass is 10.1. The monoisotopic (exact) mass is 245 g/mol. The van der Waals surface area contributed by atoms with E-state index in [-0.39, 0.29) is 0 Å². The van der Waals surface area contributed by atoms with Gasteiger partial charge < -0.3 is 4.90 Å². The SMILES string of the molecule is CCCCN(CC)c1ccc(C=CC=O)c(C)c1. The van der Waals surface area contributed by atoms with Gasteiger partial charge in [0.05, 0.1) is 0 Å². The predicted octanol–water partition coefficient (Wildman–Crippen LogP) is 3.83. The van der Waals surface area contributed by atoms with Crippen molar-refractivity contribution in [1.82, 2.24) is 0 Å². The van der Waals surface area contributed by atoms with Gasteiger partial charge in [-0.15, -0.1) is 0 Å². The summed E-state index contributed by atoms with van der Waals surface area (Å²) in [5.41, 5.74) is 3.59. The van der Waals surface area contributed by atoms with Gasteiger partial charge in [-0.05, 0) is 49.6 Å². The Balaban J connectivity index is 2.87. The number of nitrogens with zero attached hydrogens (tertiary/aromatic N) is 1. The third-order valence-corrected chi connectivity index (χ3v) is 3.14. The predicted molar refractivity (Wildman–Crippen MR) is 79.1 cm³/mol. The molecule has 1 aromatic carbocycles. The summed E-state index contributed by atoms with van der Waals surface area (Å²) in [5, 5.41) is 0. The number of rotatable bonds is 7. The zero-order valence-electron chi connectivity index (χ0n) is 11.6. The first-order chi connectivity index (χ1) is 8.72. The van der Waals surface area contributed by atoms with Crippen LogP contribution in [-0.2, 0) is 4.79 Å². The second-order valence-corrected chi connectivity index (χ2v) is 4.47. The number of anilines is 1. The molecule has 0 radical (unpaired) electrons. The maximum absolute atomic E-state index is 10.3. The Labute approximate surface area is 110 Å². The van der Waals surface area contributed by atoms with Crippen LogP contribution in [-0.4, -0.2) is 19.4 Å². The molecule has 0 N–H and O–H groups in total. The summed E-state index contributed by atoms with van der Waals surface area (Å²) in [6.45, 7) is 8.62. The van der Waals surface area contributed by atoms with Crippen LogP contribution in [0, 0.1) is 6.92 Å². The molecule has 0 atom stereocenters. The highest BCUT2D eigenvalue weighted by molar-refractivity contribution is 5.75. The van der Waals surface area contributed by atoms with Crippen LogP contribution in [0.4, 0.5) is 5.69 Å². The van der Waals surface area contributed by atoms with Gasteiger partial charge in [0.1, 0.15) is 6.29 Å². The van der Waals surface area contributed by atoms with E-state index in [2.05, 4.69) is 43.9 Å². The molecular formula is C16H23NO. The van der Waals surface area contributed by atoms with Crippen molar-refractivity contribution >= 4 is 18.0 Å². The number of hydrogen-bond acceptors (Lipinski definition) is 2. The maximum atomic E-state index is 10.3. The lowest BCUT2D eigenvalue weighted by molar-refractivity contribution is -0.104. The largest absolute Gasteiger partial charge is 0.372 e. The summed E-state index contributed by atoms with van der Waals surface area (Å²) >= 11 is 0. The Hall–Kier alpha value is -1.57. The molecule has 0 aliphatic carbocycles. The van der Waals surface area contributed by atoms with E-state index in [1.165, 1.54) is 30.2 Å². The van der Waals surface area contributed by atoms with Crippen molar-refractivity contribution in [3.63, 3.8) is 0 Å². The molecule has 18 heavy (non-hydrogen) atoms.